The predicted octanol–water partition coefficient (Wildman–Crippen LogP) is 5.50. The van der Waals surface area contributed by atoms with Crippen molar-refractivity contribution in [2.45, 2.75) is 13.0 Å². The fraction of sp³-hybridized carbons (Fsp3) is 0.130. The molecule has 4 rings (SSSR count). The van der Waals surface area contributed by atoms with Crippen molar-refractivity contribution in [2.24, 2.45) is 0 Å². The minimum atomic E-state index is -0.780. The van der Waals surface area contributed by atoms with Crippen LogP contribution in [0.1, 0.15) is 26.8 Å². The van der Waals surface area contributed by atoms with Crippen molar-refractivity contribution in [1.29, 1.82) is 0 Å². The molecule has 0 saturated heterocycles. The summed E-state index contributed by atoms with van der Waals surface area (Å²) in [4.78, 5) is 28.2. The number of amides is 1. The number of hydrogen-bond donors (Lipinski definition) is 1. The summed E-state index contributed by atoms with van der Waals surface area (Å²) in [5, 5.41) is 12.8. The molecular weight excluding hydrogens is 422 g/mol. The second kappa shape index (κ2) is 7.97. The number of nitrogens with zero attached hydrogens (tertiary/aromatic N) is 1. The number of carbonyl (C=O) groups is 2. The standard InChI is InChI=1S/C23H18ClNO4S/c1-13-5-7-14(8-6-13)20-19(21(26)18-4-3-11-30-18)22(27)23(28)25(20)15-9-10-17(29-2)16(24)12-15/h3-12,20,27H,1-2H3/t20-/m0/s1. The third kappa shape index (κ3) is 3.38. The number of aliphatic hydroxyl groups excluding tert-OH is 1. The molecule has 1 amide bonds. The van der Waals surface area contributed by atoms with E-state index in [0.29, 0.717) is 26.9 Å². The molecule has 0 fully saturated rings. The molecule has 0 bridgehead atoms. The van der Waals surface area contributed by atoms with E-state index >= 15 is 0 Å². The van der Waals surface area contributed by atoms with Crippen LogP contribution < -0.4 is 9.64 Å². The van der Waals surface area contributed by atoms with Crippen LogP contribution >= 0.6 is 22.9 Å². The van der Waals surface area contributed by atoms with Crippen molar-refractivity contribution in [3.8, 4) is 5.75 Å². The quantitative estimate of drug-likeness (QED) is 0.533. The number of hydrogen-bond acceptors (Lipinski definition) is 5. The Morgan fingerprint density at radius 3 is 2.50 bits per heavy atom. The number of ketones is 1. The lowest BCUT2D eigenvalue weighted by molar-refractivity contribution is -0.117. The van der Waals surface area contributed by atoms with Gasteiger partial charge < -0.3 is 9.84 Å². The molecule has 152 valence electrons. The van der Waals surface area contributed by atoms with Crippen molar-refractivity contribution in [3.05, 3.63) is 92.3 Å². The number of halogens is 1. The molecule has 7 heteroatoms. The van der Waals surface area contributed by atoms with Crippen LogP contribution in [0.2, 0.25) is 5.02 Å². The summed E-state index contributed by atoms with van der Waals surface area (Å²) in [6.45, 7) is 1.95. The van der Waals surface area contributed by atoms with Gasteiger partial charge >= 0.3 is 0 Å². The normalized spacial score (nSPS) is 16.3. The van der Waals surface area contributed by atoms with Gasteiger partial charge in [0.1, 0.15) is 5.75 Å². The lowest BCUT2D eigenvalue weighted by Crippen LogP contribution is -2.31. The van der Waals surface area contributed by atoms with Gasteiger partial charge in [-0.15, -0.1) is 11.3 Å². The number of benzene rings is 2. The second-order valence-corrected chi connectivity index (χ2v) is 8.23. The number of Topliss-reactive ketones (excluding diaryl/α,β-unsaturated/α-hetero) is 1. The van der Waals surface area contributed by atoms with Crippen LogP contribution in [0, 0.1) is 6.92 Å². The predicted molar refractivity (Wildman–Crippen MR) is 118 cm³/mol. The van der Waals surface area contributed by atoms with Gasteiger partial charge in [0.2, 0.25) is 5.78 Å². The zero-order valence-corrected chi connectivity index (χ0v) is 17.8. The van der Waals surface area contributed by atoms with Gasteiger partial charge in [-0.3, -0.25) is 14.5 Å². The molecule has 0 saturated carbocycles. The Hall–Kier alpha value is -3.09. The zero-order chi connectivity index (χ0) is 21.4. The smallest absolute Gasteiger partial charge is 0.294 e. The van der Waals surface area contributed by atoms with E-state index in [9.17, 15) is 14.7 Å². The molecule has 0 spiro atoms. The maximum Gasteiger partial charge on any atom is 0.294 e. The van der Waals surface area contributed by atoms with Gasteiger partial charge in [0, 0.05) is 5.69 Å². The third-order valence-electron chi connectivity index (χ3n) is 5.00. The van der Waals surface area contributed by atoms with Gasteiger partial charge in [0.25, 0.3) is 5.91 Å². The first-order chi connectivity index (χ1) is 14.4. The molecule has 0 unspecified atom stereocenters. The van der Waals surface area contributed by atoms with E-state index in [1.54, 1.807) is 35.7 Å². The summed E-state index contributed by atoms with van der Waals surface area (Å²) in [5.74, 6) is -1.11. The Balaban J connectivity index is 1.87. The summed E-state index contributed by atoms with van der Waals surface area (Å²) < 4.78 is 5.20. The van der Waals surface area contributed by atoms with E-state index in [0.717, 1.165) is 5.56 Å². The maximum absolute atomic E-state index is 13.2. The average molecular weight is 440 g/mol. The Labute approximate surface area is 182 Å². The number of carbonyl (C=O) groups excluding carboxylic acids is 2. The van der Waals surface area contributed by atoms with Gasteiger partial charge in [-0.25, -0.2) is 0 Å². The Morgan fingerprint density at radius 2 is 1.90 bits per heavy atom. The molecule has 1 N–H and O–H groups in total. The monoisotopic (exact) mass is 439 g/mol. The highest BCUT2D eigenvalue weighted by Crippen LogP contribution is 2.43. The lowest BCUT2D eigenvalue weighted by Gasteiger charge is -2.27. The highest BCUT2D eigenvalue weighted by Gasteiger charge is 2.44. The van der Waals surface area contributed by atoms with Crippen LogP contribution in [0.15, 0.2) is 71.3 Å². The van der Waals surface area contributed by atoms with E-state index < -0.39 is 17.7 Å². The minimum absolute atomic E-state index is 0.0539. The van der Waals surface area contributed by atoms with Crippen molar-refractivity contribution < 1.29 is 19.4 Å². The molecule has 1 aromatic heterocycles. The molecule has 1 aliphatic heterocycles. The van der Waals surface area contributed by atoms with Crippen molar-refractivity contribution in [2.75, 3.05) is 12.0 Å². The maximum atomic E-state index is 13.2. The van der Waals surface area contributed by atoms with E-state index in [1.165, 1.54) is 23.3 Å². The van der Waals surface area contributed by atoms with Crippen LogP contribution in [-0.4, -0.2) is 23.9 Å². The molecule has 3 aromatic rings. The second-order valence-electron chi connectivity index (χ2n) is 6.88. The van der Waals surface area contributed by atoms with Crippen LogP contribution in [0.4, 0.5) is 5.69 Å². The third-order valence-corrected chi connectivity index (χ3v) is 6.17. The lowest BCUT2D eigenvalue weighted by atomic mass is 9.94. The van der Waals surface area contributed by atoms with Gasteiger partial charge in [-0.05, 0) is 42.1 Å². The summed E-state index contributed by atoms with van der Waals surface area (Å²) in [6.07, 6.45) is 0. The van der Waals surface area contributed by atoms with Gasteiger partial charge in [0.05, 0.1) is 28.6 Å². The molecule has 0 aliphatic carbocycles. The van der Waals surface area contributed by atoms with E-state index in [1.807, 2.05) is 31.2 Å². The summed E-state index contributed by atoms with van der Waals surface area (Å²) in [7, 11) is 1.50. The summed E-state index contributed by atoms with van der Waals surface area (Å²) in [5.41, 5.74) is 2.27. The van der Waals surface area contributed by atoms with Gasteiger partial charge in [-0.2, -0.15) is 0 Å². The van der Waals surface area contributed by atoms with Crippen LogP contribution in [0.25, 0.3) is 0 Å². The van der Waals surface area contributed by atoms with E-state index in [2.05, 4.69) is 0 Å². The van der Waals surface area contributed by atoms with Crippen molar-refractivity contribution in [3.63, 3.8) is 0 Å². The first kappa shape index (κ1) is 20.2. The Kier molecular flexibility index (Phi) is 5.37. The number of methoxy groups -OCH3 is 1. The van der Waals surface area contributed by atoms with E-state index in [-0.39, 0.29) is 11.4 Å². The molecule has 2 heterocycles. The molecule has 2 aromatic carbocycles. The van der Waals surface area contributed by atoms with Crippen molar-refractivity contribution in [1.82, 2.24) is 0 Å². The molecule has 1 aliphatic rings. The molecule has 30 heavy (non-hydrogen) atoms. The zero-order valence-electron chi connectivity index (χ0n) is 16.3. The molecule has 0 radical (unpaired) electrons. The summed E-state index contributed by atoms with van der Waals surface area (Å²) in [6, 6.07) is 15.1. The first-order valence-corrected chi connectivity index (χ1v) is 10.4. The Bertz CT molecular complexity index is 1150. The fourth-order valence-corrected chi connectivity index (χ4v) is 4.44. The van der Waals surface area contributed by atoms with Crippen LogP contribution in [0.5, 0.6) is 5.75 Å². The van der Waals surface area contributed by atoms with Crippen LogP contribution in [0.3, 0.4) is 0 Å². The number of rotatable bonds is 5. The SMILES string of the molecule is COc1ccc(N2C(=O)C(O)=C(C(=O)c3cccs3)[C@@H]2c2ccc(C)cc2)cc1Cl. The van der Waals surface area contributed by atoms with Gasteiger partial charge in [-0.1, -0.05) is 47.5 Å². The average Bonchev–Trinajstić information content (AvgIpc) is 3.36. The minimum Gasteiger partial charge on any atom is -0.503 e. The number of ether oxygens (including phenoxy) is 1. The molecule has 1 atom stereocenters. The number of anilines is 1. The number of aryl methyl sites for hydroxylation is 1. The molecular formula is C23H18ClNO4S. The van der Waals surface area contributed by atoms with Crippen LogP contribution in [-0.2, 0) is 4.79 Å². The highest BCUT2D eigenvalue weighted by atomic mass is 35.5. The largest absolute Gasteiger partial charge is 0.503 e. The van der Waals surface area contributed by atoms with E-state index in [4.69, 9.17) is 16.3 Å². The topological polar surface area (TPSA) is 66.8 Å². The number of aliphatic hydroxyl groups is 1. The summed E-state index contributed by atoms with van der Waals surface area (Å²) >= 11 is 7.55. The first-order valence-electron chi connectivity index (χ1n) is 9.17. The fourth-order valence-electron chi connectivity index (χ4n) is 3.51. The Morgan fingerprint density at radius 1 is 1.17 bits per heavy atom. The highest BCUT2D eigenvalue weighted by molar-refractivity contribution is 7.12. The van der Waals surface area contributed by atoms with Gasteiger partial charge in [0.15, 0.2) is 5.76 Å². The molecule has 5 nitrogen and oxygen atoms in total. The number of thiophene rings is 1. The van der Waals surface area contributed by atoms with Crippen molar-refractivity contribution >= 4 is 40.3 Å².